The molecule has 1 N–H and O–H groups in total. The molecule has 0 saturated heterocycles. The first-order valence-corrected chi connectivity index (χ1v) is 10.7. The Morgan fingerprint density at radius 2 is 2.00 bits per heavy atom. The van der Waals surface area contributed by atoms with Crippen LogP contribution < -0.4 is 10.1 Å². The molecule has 0 atom stereocenters. The van der Waals surface area contributed by atoms with E-state index in [1.807, 2.05) is 47.2 Å². The van der Waals surface area contributed by atoms with Crippen LogP contribution in [0.2, 0.25) is 0 Å². The van der Waals surface area contributed by atoms with Crippen molar-refractivity contribution < 1.29 is 13.9 Å². The number of halogens is 1. The van der Waals surface area contributed by atoms with Gasteiger partial charge in [0, 0.05) is 41.1 Å². The first-order chi connectivity index (χ1) is 14.7. The van der Waals surface area contributed by atoms with Crippen LogP contribution in [0.15, 0.2) is 67.3 Å². The molecular weight excluding hydrogens is 401 g/mol. The van der Waals surface area contributed by atoms with E-state index in [9.17, 15) is 9.18 Å². The lowest BCUT2D eigenvalue weighted by molar-refractivity contribution is 0.0954. The van der Waals surface area contributed by atoms with Crippen LogP contribution in [0.25, 0.3) is 10.1 Å². The highest BCUT2D eigenvalue weighted by molar-refractivity contribution is 7.21. The highest BCUT2D eigenvalue weighted by Crippen LogP contribution is 2.34. The Kier molecular flexibility index (Phi) is 6.39. The fraction of sp³-hybridized carbons (Fsp3) is 0.217. The molecule has 2 heterocycles. The molecule has 0 aliphatic rings. The number of nitrogens with one attached hydrogen (secondary N) is 1. The third-order valence-electron chi connectivity index (χ3n) is 4.78. The number of rotatable bonds is 9. The Balaban J connectivity index is 1.45. The number of aromatic nitrogens is 2. The van der Waals surface area contributed by atoms with Gasteiger partial charge in [0.1, 0.15) is 18.2 Å². The Morgan fingerprint density at radius 3 is 2.80 bits per heavy atom. The van der Waals surface area contributed by atoms with Crippen molar-refractivity contribution in [3.63, 3.8) is 0 Å². The highest BCUT2D eigenvalue weighted by Gasteiger charge is 2.21. The SMILES string of the molecule is O=C(NCCCCn1ccnc1)c1sc2cccc(F)c2c1COc1ccccc1. The molecule has 154 valence electrons. The van der Waals surface area contributed by atoms with Gasteiger partial charge in [0.15, 0.2) is 0 Å². The van der Waals surface area contributed by atoms with E-state index in [0.29, 0.717) is 28.1 Å². The lowest BCUT2D eigenvalue weighted by Crippen LogP contribution is -2.25. The summed E-state index contributed by atoms with van der Waals surface area (Å²) in [6.45, 7) is 1.55. The number of carbonyl (C=O) groups excluding carboxylic acids is 1. The second kappa shape index (κ2) is 9.54. The van der Waals surface area contributed by atoms with Crippen molar-refractivity contribution >= 4 is 27.3 Å². The number of nitrogens with zero attached hydrogens (tertiary/aromatic N) is 2. The van der Waals surface area contributed by atoms with Crippen molar-refractivity contribution in [1.29, 1.82) is 0 Å². The first kappa shape index (κ1) is 20.1. The number of amides is 1. The molecule has 4 aromatic rings. The maximum Gasteiger partial charge on any atom is 0.261 e. The number of ether oxygens (including phenoxy) is 1. The molecule has 2 aromatic carbocycles. The van der Waals surface area contributed by atoms with E-state index in [-0.39, 0.29) is 18.3 Å². The largest absolute Gasteiger partial charge is 0.489 e. The van der Waals surface area contributed by atoms with Crippen LogP contribution in [0.4, 0.5) is 4.39 Å². The topological polar surface area (TPSA) is 56.2 Å². The molecule has 0 aliphatic heterocycles. The maximum absolute atomic E-state index is 14.5. The molecule has 0 saturated carbocycles. The van der Waals surface area contributed by atoms with Crippen LogP contribution in [-0.4, -0.2) is 22.0 Å². The summed E-state index contributed by atoms with van der Waals surface area (Å²) in [4.78, 5) is 17.4. The molecule has 7 heteroatoms. The van der Waals surface area contributed by atoms with Crippen molar-refractivity contribution in [2.24, 2.45) is 0 Å². The highest BCUT2D eigenvalue weighted by atomic mass is 32.1. The normalized spacial score (nSPS) is 11.0. The van der Waals surface area contributed by atoms with Crippen molar-refractivity contribution in [2.75, 3.05) is 6.54 Å². The Labute approximate surface area is 178 Å². The molecule has 0 radical (unpaired) electrons. The van der Waals surface area contributed by atoms with E-state index in [1.165, 1.54) is 17.4 Å². The molecule has 30 heavy (non-hydrogen) atoms. The third-order valence-corrected chi connectivity index (χ3v) is 5.98. The molecule has 2 aromatic heterocycles. The maximum atomic E-state index is 14.5. The number of carbonyl (C=O) groups is 1. The van der Waals surface area contributed by atoms with Crippen LogP contribution in [0.1, 0.15) is 28.1 Å². The third kappa shape index (κ3) is 4.68. The van der Waals surface area contributed by atoms with Gasteiger partial charge in [-0.05, 0) is 37.1 Å². The van der Waals surface area contributed by atoms with Gasteiger partial charge in [-0.1, -0.05) is 24.3 Å². The number of benzene rings is 2. The lowest BCUT2D eigenvalue weighted by atomic mass is 10.1. The van der Waals surface area contributed by atoms with Crippen molar-refractivity contribution in [3.8, 4) is 5.75 Å². The van der Waals surface area contributed by atoms with Crippen molar-refractivity contribution in [3.05, 3.63) is 83.5 Å². The summed E-state index contributed by atoms with van der Waals surface area (Å²) in [7, 11) is 0. The van der Waals surface area contributed by atoms with Gasteiger partial charge in [-0.15, -0.1) is 11.3 Å². The van der Waals surface area contributed by atoms with E-state index in [0.717, 1.165) is 24.1 Å². The van der Waals surface area contributed by atoms with Gasteiger partial charge in [0.25, 0.3) is 5.91 Å². The van der Waals surface area contributed by atoms with Gasteiger partial charge in [0.05, 0.1) is 11.2 Å². The average Bonchev–Trinajstić information content (AvgIpc) is 3.41. The standard InChI is InChI=1S/C23H22FN3O2S/c24-19-9-6-10-20-21(19)18(15-29-17-7-2-1-3-8-17)22(30-20)23(28)26-11-4-5-13-27-14-12-25-16-27/h1-3,6-10,12,14,16H,4-5,11,13,15H2,(H,26,28). The zero-order valence-corrected chi connectivity index (χ0v) is 17.2. The molecule has 0 bridgehead atoms. The first-order valence-electron chi connectivity index (χ1n) is 9.84. The second-order valence-electron chi connectivity index (χ2n) is 6.89. The minimum Gasteiger partial charge on any atom is -0.489 e. The average molecular weight is 424 g/mol. The van der Waals surface area contributed by atoms with E-state index in [4.69, 9.17) is 4.74 Å². The number of fused-ring (bicyclic) bond motifs is 1. The number of imidazole rings is 1. The zero-order valence-electron chi connectivity index (χ0n) is 16.4. The number of thiophene rings is 1. The van der Waals surface area contributed by atoms with Crippen LogP contribution in [-0.2, 0) is 13.2 Å². The predicted octanol–water partition coefficient (Wildman–Crippen LogP) is 5.03. The summed E-state index contributed by atoms with van der Waals surface area (Å²) in [6, 6.07) is 14.2. The summed E-state index contributed by atoms with van der Waals surface area (Å²) in [6.07, 6.45) is 7.23. The van der Waals surface area contributed by atoms with Gasteiger partial charge in [-0.3, -0.25) is 4.79 Å². The molecule has 0 unspecified atom stereocenters. The van der Waals surface area contributed by atoms with E-state index in [2.05, 4.69) is 10.3 Å². The molecule has 4 rings (SSSR count). The molecule has 0 spiro atoms. The van der Waals surface area contributed by atoms with Crippen molar-refractivity contribution in [2.45, 2.75) is 26.0 Å². The van der Waals surface area contributed by atoms with E-state index >= 15 is 0 Å². The van der Waals surface area contributed by atoms with Crippen LogP contribution in [0.3, 0.4) is 0 Å². The minimum atomic E-state index is -0.338. The van der Waals surface area contributed by atoms with Crippen LogP contribution >= 0.6 is 11.3 Å². The number of hydrogen-bond donors (Lipinski definition) is 1. The van der Waals surface area contributed by atoms with Gasteiger partial charge in [0.2, 0.25) is 0 Å². The van der Waals surface area contributed by atoms with Gasteiger partial charge in [-0.25, -0.2) is 9.37 Å². The smallest absolute Gasteiger partial charge is 0.261 e. The molecule has 0 aliphatic carbocycles. The minimum absolute atomic E-state index is 0.133. The number of hydrogen-bond acceptors (Lipinski definition) is 4. The Hall–Kier alpha value is -3.19. The molecule has 0 fully saturated rings. The Bertz CT molecular complexity index is 1110. The summed E-state index contributed by atoms with van der Waals surface area (Å²) >= 11 is 1.30. The molecule has 5 nitrogen and oxygen atoms in total. The van der Waals surface area contributed by atoms with Gasteiger partial charge < -0.3 is 14.6 Å². The second-order valence-corrected chi connectivity index (χ2v) is 7.94. The molecule has 1 amide bonds. The van der Waals surface area contributed by atoms with Crippen molar-refractivity contribution in [1.82, 2.24) is 14.9 Å². The number of aryl methyl sites for hydroxylation is 1. The fourth-order valence-corrected chi connectivity index (χ4v) is 4.42. The fourth-order valence-electron chi connectivity index (χ4n) is 3.28. The predicted molar refractivity (Wildman–Crippen MR) is 116 cm³/mol. The van der Waals surface area contributed by atoms with Gasteiger partial charge >= 0.3 is 0 Å². The summed E-state index contributed by atoms with van der Waals surface area (Å²) < 4.78 is 23.1. The van der Waals surface area contributed by atoms with Gasteiger partial charge in [-0.2, -0.15) is 0 Å². The van der Waals surface area contributed by atoms with E-state index < -0.39 is 0 Å². The summed E-state index contributed by atoms with van der Waals surface area (Å²) in [5, 5.41) is 3.43. The summed E-state index contributed by atoms with van der Waals surface area (Å²) in [5.41, 5.74) is 0.591. The summed E-state index contributed by atoms with van der Waals surface area (Å²) in [5.74, 6) is 0.152. The van der Waals surface area contributed by atoms with Crippen LogP contribution in [0.5, 0.6) is 5.75 Å². The quantitative estimate of drug-likeness (QED) is 0.384. The lowest BCUT2D eigenvalue weighted by Gasteiger charge is -2.09. The molecular formula is C23H22FN3O2S. The van der Waals surface area contributed by atoms with Crippen LogP contribution in [0, 0.1) is 5.82 Å². The monoisotopic (exact) mass is 423 g/mol. The number of unbranched alkanes of at least 4 members (excludes halogenated alkanes) is 1. The number of para-hydroxylation sites is 1. The van der Waals surface area contributed by atoms with E-state index in [1.54, 1.807) is 18.6 Å². The zero-order chi connectivity index (χ0) is 20.8. The Morgan fingerprint density at radius 1 is 1.13 bits per heavy atom.